The van der Waals surface area contributed by atoms with Gasteiger partial charge in [-0.25, -0.2) is 4.39 Å². The number of hydrogen-bond donors (Lipinski definition) is 2. The number of aromatic hydroxyl groups is 1. The number of nitrogens with zero attached hydrogens (tertiary/aromatic N) is 1. The highest BCUT2D eigenvalue weighted by Gasteiger charge is 2.58. The van der Waals surface area contributed by atoms with Gasteiger partial charge in [-0.1, -0.05) is 43.9 Å². The number of aliphatic hydroxyl groups is 1. The molecule has 0 radical (unpaired) electrons. The Morgan fingerprint density at radius 2 is 1.94 bits per heavy atom. The molecule has 5 rings (SSSR count). The number of likely N-dealkylation sites (tertiary alicyclic amines) is 1. The van der Waals surface area contributed by atoms with E-state index >= 15 is 0 Å². The number of allylic oxidation sites excluding steroid dienone is 1. The third-order valence-electron chi connectivity index (χ3n) is 8.70. The Kier molecular flexibility index (Phi) is 7.31. The number of hydrogen-bond acceptors (Lipinski definition) is 5. The van der Waals surface area contributed by atoms with Crippen molar-refractivity contribution >= 4 is 17.9 Å². The molecule has 0 spiro atoms. The fraction of sp³-hybridized carbons (Fsp3) is 0.586. The largest absolute Gasteiger partial charge is 0.505 e. The maximum atomic E-state index is 13.8. The van der Waals surface area contributed by atoms with Crippen LogP contribution in [0.25, 0.3) is 6.08 Å². The Labute approximate surface area is 211 Å². The summed E-state index contributed by atoms with van der Waals surface area (Å²) in [5.41, 5.74) is 3.71. The molecule has 2 N–H and O–H groups in total. The third-order valence-corrected chi connectivity index (χ3v) is 8.70. The SMILES string of the molecule is CC/C(=C\c1ccc(O)c(F)c1)CC[C@H]1OC[C@H]2C1=C(CO)C[C@H]1C(=O)N(C3CCCCC3)C(=O)[C@H]12. The number of phenolic OH excluding ortho intramolecular Hbond substituents is 1. The van der Waals surface area contributed by atoms with Crippen molar-refractivity contribution in [2.45, 2.75) is 76.9 Å². The van der Waals surface area contributed by atoms with Crippen LogP contribution in [-0.4, -0.2) is 52.3 Å². The van der Waals surface area contributed by atoms with Gasteiger partial charge >= 0.3 is 0 Å². The van der Waals surface area contributed by atoms with E-state index in [0.717, 1.165) is 61.7 Å². The first kappa shape index (κ1) is 25.2. The van der Waals surface area contributed by atoms with Gasteiger partial charge in [0.1, 0.15) is 0 Å². The topological polar surface area (TPSA) is 87.1 Å². The molecule has 4 aliphatic rings. The second-order valence-electron chi connectivity index (χ2n) is 10.7. The number of carbonyl (C=O) groups is 2. The van der Waals surface area contributed by atoms with Crippen molar-refractivity contribution in [3.05, 3.63) is 46.3 Å². The number of amides is 2. The number of halogens is 1. The molecule has 7 heteroatoms. The first-order chi connectivity index (χ1) is 17.4. The second kappa shape index (κ2) is 10.5. The first-order valence-electron chi connectivity index (χ1n) is 13.4. The summed E-state index contributed by atoms with van der Waals surface area (Å²) in [5.74, 6) is -2.01. The molecule has 2 aliphatic carbocycles. The van der Waals surface area contributed by atoms with E-state index in [1.54, 1.807) is 11.0 Å². The molecule has 36 heavy (non-hydrogen) atoms. The van der Waals surface area contributed by atoms with Crippen molar-refractivity contribution in [2.75, 3.05) is 13.2 Å². The Hall–Kier alpha value is -2.51. The molecular weight excluding hydrogens is 461 g/mol. The monoisotopic (exact) mass is 497 g/mol. The van der Waals surface area contributed by atoms with E-state index in [-0.39, 0.29) is 54.1 Å². The molecule has 1 aromatic rings. The van der Waals surface area contributed by atoms with E-state index in [4.69, 9.17) is 4.74 Å². The number of ether oxygens (including phenoxy) is 1. The lowest BCUT2D eigenvalue weighted by atomic mass is 9.69. The van der Waals surface area contributed by atoms with Crippen molar-refractivity contribution in [3.63, 3.8) is 0 Å². The lowest BCUT2D eigenvalue weighted by Crippen LogP contribution is -2.42. The average Bonchev–Trinajstić information content (AvgIpc) is 3.42. The molecule has 1 aromatic carbocycles. The van der Waals surface area contributed by atoms with Gasteiger partial charge in [0.25, 0.3) is 0 Å². The van der Waals surface area contributed by atoms with Gasteiger partial charge < -0.3 is 14.9 Å². The molecule has 2 saturated heterocycles. The quantitative estimate of drug-likeness (QED) is 0.420. The zero-order valence-corrected chi connectivity index (χ0v) is 20.9. The van der Waals surface area contributed by atoms with Gasteiger partial charge in [-0.15, -0.1) is 0 Å². The Morgan fingerprint density at radius 3 is 2.64 bits per heavy atom. The Morgan fingerprint density at radius 1 is 1.17 bits per heavy atom. The number of imide groups is 1. The molecule has 2 heterocycles. The van der Waals surface area contributed by atoms with Crippen molar-refractivity contribution in [3.8, 4) is 5.75 Å². The molecular formula is C29H36FNO5. The Balaban J connectivity index is 1.33. The van der Waals surface area contributed by atoms with Crippen LogP contribution in [0.15, 0.2) is 34.9 Å². The number of rotatable bonds is 7. The molecule has 6 nitrogen and oxygen atoms in total. The number of aliphatic hydroxyl groups excluding tert-OH is 1. The predicted octanol–water partition coefficient (Wildman–Crippen LogP) is 4.75. The van der Waals surface area contributed by atoms with Crippen LogP contribution in [-0.2, 0) is 14.3 Å². The molecule has 1 saturated carbocycles. The molecule has 3 fully saturated rings. The summed E-state index contributed by atoms with van der Waals surface area (Å²) < 4.78 is 20.0. The van der Waals surface area contributed by atoms with Gasteiger partial charge in [0.05, 0.1) is 31.2 Å². The summed E-state index contributed by atoms with van der Waals surface area (Å²) >= 11 is 0. The molecule has 0 bridgehead atoms. The Bertz CT molecular complexity index is 1090. The number of phenols is 1. The van der Waals surface area contributed by atoms with Gasteiger partial charge in [-0.3, -0.25) is 14.5 Å². The zero-order chi connectivity index (χ0) is 25.4. The lowest BCUT2D eigenvalue weighted by Gasteiger charge is -2.31. The number of benzene rings is 1. The lowest BCUT2D eigenvalue weighted by molar-refractivity contribution is -0.143. The highest BCUT2D eigenvalue weighted by molar-refractivity contribution is 6.06. The first-order valence-corrected chi connectivity index (χ1v) is 13.4. The fourth-order valence-corrected chi connectivity index (χ4v) is 6.86. The van der Waals surface area contributed by atoms with E-state index < -0.39 is 5.82 Å². The standard InChI is InChI=1S/C29H36FNO5/c1-2-17(12-18-8-10-24(33)23(30)13-18)9-11-25-26-19(15-32)14-21-27(22(26)16-36-25)29(35)31(28(21)34)20-6-4-3-5-7-20/h8,10,12-13,20-22,25,27,32-33H,2-7,9,11,14-16H2,1H3/b17-12+/t21-,22+,25-,27-/m1/s1. The highest BCUT2D eigenvalue weighted by Crippen LogP contribution is 2.50. The zero-order valence-electron chi connectivity index (χ0n) is 20.9. The van der Waals surface area contributed by atoms with Gasteiger partial charge in [0.2, 0.25) is 11.8 Å². The van der Waals surface area contributed by atoms with Crippen LogP contribution in [0.4, 0.5) is 4.39 Å². The van der Waals surface area contributed by atoms with Crippen molar-refractivity contribution < 1.29 is 28.9 Å². The van der Waals surface area contributed by atoms with E-state index in [1.165, 1.54) is 12.1 Å². The third kappa shape index (κ3) is 4.52. The minimum atomic E-state index is -0.645. The van der Waals surface area contributed by atoms with Crippen LogP contribution in [0.3, 0.4) is 0 Å². The van der Waals surface area contributed by atoms with Crippen molar-refractivity contribution in [2.24, 2.45) is 17.8 Å². The second-order valence-corrected chi connectivity index (χ2v) is 10.7. The van der Waals surface area contributed by atoms with E-state index in [1.807, 2.05) is 13.0 Å². The van der Waals surface area contributed by atoms with E-state index in [2.05, 4.69) is 0 Å². The highest BCUT2D eigenvalue weighted by atomic mass is 19.1. The normalized spacial score (nSPS) is 29.2. The smallest absolute Gasteiger partial charge is 0.234 e. The van der Waals surface area contributed by atoms with Crippen LogP contribution in [0, 0.1) is 23.6 Å². The molecule has 2 amide bonds. The molecule has 2 aliphatic heterocycles. The summed E-state index contributed by atoms with van der Waals surface area (Å²) in [6, 6.07) is 4.38. The van der Waals surface area contributed by atoms with Crippen molar-refractivity contribution in [1.29, 1.82) is 0 Å². The maximum absolute atomic E-state index is 13.8. The number of carbonyl (C=O) groups excluding carboxylic acids is 2. The van der Waals surface area contributed by atoms with E-state index in [0.29, 0.717) is 25.0 Å². The minimum absolute atomic E-state index is 0.0190. The van der Waals surface area contributed by atoms with Crippen LogP contribution in [0.5, 0.6) is 5.75 Å². The predicted molar refractivity (Wildman–Crippen MR) is 133 cm³/mol. The molecule has 194 valence electrons. The van der Waals surface area contributed by atoms with Gasteiger partial charge in [0, 0.05) is 12.0 Å². The van der Waals surface area contributed by atoms with Crippen LogP contribution in [0.1, 0.15) is 70.3 Å². The van der Waals surface area contributed by atoms with Crippen molar-refractivity contribution in [1.82, 2.24) is 4.90 Å². The molecule has 0 aromatic heterocycles. The van der Waals surface area contributed by atoms with Gasteiger partial charge in [-0.2, -0.15) is 0 Å². The number of fused-ring (bicyclic) bond motifs is 3. The summed E-state index contributed by atoms with van der Waals surface area (Å²) in [6.07, 6.45) is 9.45. The van der Waals surface area contributed by atoms with Crippen LogP contribution in [0.2, 0.25) is 0 Å². The van der Waals surface area contributed by atoms with E-state index in [9.17, 15) is 24.2 Å². The fourth-order valence-electron chi connectivity index (χ4n) is 6.86. The summed E-state index contributed by atoms with van der Waals surface area (Å²) in [5, 5.41) is 19.7. The average molecular weight is 498 g/mol. The molecule has 4 atom stereocenters. The van der Waals surface area contributed by atoms with Gasteiger partial charge in [0.15, 0.2) is 11.6 Å². The minimum Gasteiger partial charge on any atom is -0.505 e. The molecule has 0 unspecified atom stereocenters. The summed E-state index contributed by atoms with van der Waals surface area (Å²) in [7, 11) is 0. The summed E-state index contributed by atoms with van der Waals surface area (Å²) in [6.45, 7) is 2.33. The van der Waals surface area contributed by atoms with Crippen LogP contribution >= 0.6 is 0 Å². The maximum Gasteiger partial charge on any atom is 0.234 e. The van der Waals surface area contributed by atoms with Gasteiger partial charge in [-0.05, 0) is 67.4 Å². The summed E-state index contributed by atoms with van der Waals surface area (Å²) in [4.78, 5) is 28.5. The van der Waals surface area contributed by atoms with Crippen LogP contribution < -0.4 is 0 Å².